The van der Waals surface area contributed by atoms with Crippen LogP contribution in [0.1, 0.15) is 35.1 Å². The van der Waals surface area contributed by atoms with Gasteiger partial charge in [0.05, 0.1) is 20.6 Å². The molecule has 1 saturated heterocycles. The van der Waals surface area contributed by atoms with Gasteiger partial charge in [-0.05, 0) is 55.9 Å². The second-order valence-electron chi connectivity index (χ2n) is 7.07. The molecule has 6 heteroatoms. The standard InChI is InChI=1S/C20H30N2O4/c1-14-7-8-15(2)17(16(14)3)13-18(23)21(4)20(19(24)25-5)9-11-22(26-6)12-10-20/h7-8H,9-13H2,1-6H3. The Labute approximate surface area is 156 Å². The lowest BCUT2D eigenvalue weighted by Crippen LogP contribution is -2.61. The molecule has 6 nitrogen and oxygen atoms in total. The van der Waals surface area contributed by atoms with Crippen LogP contribution in [0.5, 0.6) is 0 Å². The molecule has 0 N–H and O–H groups in total. The number of ether oxygens (including phenoxy) is 1. The molecule has 0 spiro atoms. The first-order valence-corrected chi connectivity index (χ1v) is 8.96. The molecule has 1 aliphatic heterocycles. The summed E-state index contributed by atoms with van der Waals surface area (Å²) < 4.78 is 5.06. The lowest BCUT2D eigenvalue weighted by atomic mass is 9.85. The van der Waals surface area contributed by atoms with E-state index in [1.807, 2.05) is 26.8 Å². The second-order valence-corrected chi connectivity index (χ2v) is 7.07. The van der Waals surface area contributed by atoms with Gasteiger partial charge < -0.3 is 14.5 Å². The van der Waals surface area contributed by atoms with Crippen LogP contribution in [0.25, 0.3) is 0 Å². The van der Waals surface area contributed by atoms with Gasteiger partial charge in [0, 0.05) is 20.1 Å². The monoisotopic (exact) mass is 362 g/mol. The molecule has 26 heavy (non-hydrogen) atoms. The average molecular weight is 362 g/mol. The molecule has 0 aromatic heterocycles. The third-order valence-corrected chi connectivity index (χ3v) is 5.82. The largest absolute Gasteiger partial charge is 0.467 e. The van der Waals surface area contributed by atoms with Crippen molar-refractivity contribution in [1.29, 1.82) is 0 Å². The summed E-state index contributed by atoms with van der Waals surface area (Å²) in [4.78, 5) is 32.5. The van der Waals surface area contributed by atoms with Gasteiger partial charge >= 0.3 is 5.97 Å². The van der Waals surface area contributed by atoms with Crippen molar-refractivity contribution in [3.8, 4) is 0 Å². The zero-order valence-electron chi connectivity index (χ0n) is 16.7. The van der Waals surface area contributed by atoms with Crippen LogP contribution in [0.3, 0.4) is 0 Å². The second kappa shape index (κ2) is 8.18. The summed E-state index contributed by atoms with van der Waals surface area (Å²) in [5.74, 6) is -0.431. The smallest absolute Gasteiger partial charge is 0.331 e. The normalized spacial score (nSPS) is 17.0. The fourth-order valence-corrected chi connectivity index (χ4v) is 3.70. The SMILES string of the molecule is COC(=O)C1(N(C)C(=O)Cc2c(C)ccc(C)c2C)CCN(OC)CC1. The number of amides is 1. The first-order chi connectivity index (χ1) is 12.3. The summed E-state index contributed by atoms with van der Waals surface area (Å²) >= 11 is 0. The van der Waals surface area contributed by atoms with Crippen molar-refractivity contribution in [1.82, 2.24) is 9.96 Å². The Morgan fingerprint density at radius 1 is 1.12 bits per heavy atom. The van der Waals surface area contributed by atoms with Gasteiger partial charge in [0.15, 0.2) is 0 Å². The molecule has 0 atom stereocenters. The number of nitrogens with zero attached hydrogens (tertiary/aromatic N) is 2. The number of benzene rings is 1. The third-order valence-electron chi connectivity index (χ3n) is 5.82. The summed E-state index contributed by atoms with van der Waals surface area (Å²) in [5.41, 5.74) is 3.49. The topological polar surface area (TPSA) is 59.1 Å². The molecule has 0 saturated carbocycles. The van der Waals surface area contributed by atoms with Crippen LogP contribution in [-0.2, 0) is 25.6 Å². The van der Waals surface area contributed by atoms with Crippen molar-refractivity contribution in [2.75, 3.05) is 34.4 Å². The Bertz CT molecular complexity index is 679. The number of hydrogen-bond acceptors (Lipinski definition) is 5. The minimum Gasteiger partial charge on any atom is -0.467 e. The van der Waals surface area contributed by atoms with Crippen molar-refractivity contribution >= 4 is 11.9 Å². The van der Waals surface area contributed by atoms with Crippen LogP contribution in [0.2, 0.25) is 0 Å². The number of hydroxylamine groups is 2. The molecule has 2 rings (SSSR count). The number of piperidine rings is 1. The highest BCUT2D eigenvalue weighted by atomic mass is 16.7. The van der Waals surface area contributed by atoms with E-state index in [4.69, 9.17) is 9.57 Å². The Morgan fingerprint density at radius 3 is 2.23 bits per heavy atom. The zero-order chi connectivity index (χ0) is 19.5. The first kappa shape index (κ1) is 20.4. The predicted molar refractivity (Wildman–Crippen MR) is 99.7 cm³/mol. The quantitative estimate of drug-likeness (QED) is 0.752. The van der Waals surface area contributed by atoms with Crippen LogP contribution in [-0.4, -0.2) is 61.7 Å². The number of rotatable bonds is 5. The van der Waals surface area contributed by atoms with Crippen LogP contribution >= 0.6 is 0 Å². The molecule has 1 aliphatic rings. The Kier molecular flexibility index (Phi) is 6.42. The summed E-state index contributed by atoms with van der Waals surface area (Å²) in [6.07, 6.45) is 1.26. The molecule has 144 valence electrons. The van der Waals surface area contributed by atoms with E-state index in [0.29, 0.717) is 25.9 Å². The summed E-state index contributed by atoms with van der Waals surface area (Å²) in [5, 5.41) is 1.80. The van der Waals surface area contributed by atoms with E-state index in [1.165, 1.54) is 7.11 Å². The fraction of sp³-hybridized carbons (Fsp3) is 0.600. The Morgan fingerprint density at radius 2 is 1.69 bits per heavy atom. The molecule has 0 unspecified atom stereocenters. The lowest BCUT2D eigenvalue weighted by Gasteiger charge is -2.44. The molecule has 1 aromatic carbocycles. The Hall–Kier alpha value is -1.92. The van der Waals surface area contributed by atoms with E-state index >= 15 is 0 Å². The van der Waals surface area contributed by atoms with E-state index in [0.717, 1.165) is 22.3 Å². The number of carbonyl (C=O) groups excluding carboxylic acids is 2. The number of likely N-dealkylation sites (N-methyl/N-ethyl adjacent to an activating group) is 1. The van der Waals surface area contributed by atoms with Crippen molar-refractivity contribution in [3.05, 3.63) is 34.4 Å². The van der Waals surface area contributed by atoms with Gasteiger partial charge in [-0.25, -0.2) is 4.79 Å². The highest BCUT2D eigenvalue weighted by molar-refractivity contribution is 5.89. The van der Waals surface area contributed by atoms with Gasteiger partial charge in [-0.2, -0.15) is 5.06 Å². The van der Waals surface area contributed by atoms with E-state index < -0.39 is 5.54 Å². The van der Waals surface area contributed by atoms with Crippen molar-refractivity contribution in [2.24, 2.45) is 0 Å². The van der Waals surface area contributed by atoms with Gasteiger partial charge in [0.2, 0.25) is 5.91 Å². The molecular formula is C20H30N2O4. The van der Waals surface area contributed by atoms with Gasteiger partial charge in [-0.3, -0.25) is 4.79 Å². The molecule has 0 aliphatic carbocycles. The van der Waals surface area contributed by atoms with Crippen molar-refractivity contribution < 1.29 is 19.2 Å². The molecule has 0 bridgehead atoms. The van der Waals surface area contributed by atoms with Gasteiger partial charge in [0.25, 0.3) is 0 Å². The maximum atomic E-state index is 13.1. The van der Waals surface area contributed by atoms with Crippen molar-refractivity contribution in [2.45, 2.75) is 45.6 Å². The average Bonchev–Trinajstić information content (AvgIpc) is 2.66. The van der Waals surface area contributed by atoms with Gasteiger partial charge in [-0.1, -0.05) is 12.1 Å². The molecule has 1 aromatic rings. The lowest BCUT2D eigenvalue weighted by molar-refractivity contribution is -0.183. The Balaban J connectivity index is 2.26. The third kappa shape index (κ3) is 3.76. The maximum absolute atomic E-state index is 13.1. The molecule has 1 heterocycles. The van der Waals surface area contributed by atoms with Crippen LogP contribution in [0.4, 0.5) is 0 Å². The van der Waals surface area contributed by atoms with E-state index in [-0.39, 0.29) is 18.3 Å². The molecule has 0 radical (unpaired) electrons. The number of methoxy groups -OCH3 is 1. The van der Waals surface area contributed by atoms with E-state index in [2.05, 4.69) is 6.07 Å². The minimum absolute atomic E-state index is 0.0712. The van der Waals surface area contributed by atoms with Crippen molar-refractivity contribution in [3.63, 3.8) is 0 Å². The maximum Gasteiger partial charge on any atom is 0.331 e. The van der Waals surface area contributed by atoms with E-state index in [1.54, 1.807) is 24.1 Å². The van der Waals surface area contributed by atoms with Crippen LogP contribution < -0.4 is 0 Å². The number of hydrogen-bond donors (Lipinski definition) is 0. The highest BCUT2D eigenvalue weighted by Crippen LogP contribution is 2.31. The predicted octanol–water partition coefficient (Wildman–Crippen LogP) is 2.18. The first-order valence-electron chi connectivity index (χ1n) is 8.96. The minimum atomic E-state index is -0.938. The summed E-state index contributed by atoms with van der Waals surface area (Å²) in [7, 11) is 4.70. The molecule has 1 fully saturated rings. The fourth-order valence-electron chi connectivity index (χ4n) is 3.70. The van der Waals surface area contributed by atoms with Crippen LogP contribution in [0, 0.1) is 20.8 Å². The number of aryl methyl sites for hydroxylation is 2. The summed E-state index contributed by atoms with van der Waals surface area (Å²) in [6.45, 7) is 7.25. The van der Waals surface area contributed by atoms with Gasteiger partial charge in [0.1, 0.15) is 5.54 Å². The molecule has 1 amide bonds. The van der Waals surface area contributed by atoms with E-state index in [9.17, 15) is 9.59 Å². The number of esters is 1. The zero-order valence-corrected chi connectivity index (χ0v) is 16.7. The summed E-state index contributed by atoms with van der Waals surface area (Å²) in [6, 6.07) is 4.11. The molecular weight excluding hydrogens is 332 g/mol. The number of carbonyl (C=O) groups is 2. The van der Waals surface area contributed by atoms with Gasteiger partial charge in [-0.15, -0.1) is 0 Å². The van der Waals surface area contributed by atoms with Crippen LogP contribution in [0.15, 0.2) is 12.1 Å². The highest BCUT2D eigenvalue weighted by Gasteiger charge is 2.48.